The molecule has 1 unspecified atom stereocenters. The largest absolute Gasteiger partial charge is 0.272 e. The number of anilines is 1. The number of hydrogen-bond donors (Lipinski definition) is 0. The molecule has 0 aliphatic carbocycles. The Morgan fingerprint density at radius 2 is 2.06 bits per heavy atom. The SMILES string of the molecule is CC1C(=O)N(c2nccs2)N=C1c1ccccc1. The Kier molecular flexibility index (Phi) is 2.68. The lowest BCUT2D eigenvalue weighted by molar-refractivity contribution is -0.119. The number of aromatic nitrogens is 1. The molecule has 4 nitrogen and oxygen atoms in total. The molecule has 0 N–H and O–H groups in total. The van der Waals surface area contributed by atoms with Gasteiger partial charge in [-0.25, -0.2) is 4.98 Å². The van der Waals surface area contributed by atoms with Crippen LogP contribution in [0.25, 0.3) is 0 Å². The molecule has 0 radical (unpaired) electrons. The molecule has 0 saturated carbocycles. The van der Waals surface area contributed by atoms with Crippen LogP contribution in [0, 0.1) is 5.92 Å². The van der Waals surface area contributed by atoms with Crippen LogP contribution < -0.4 is 5.01 Å². The van der Waals surface area contributed by atoms with Crippen molar-refractivity contribution >= 4 is 28.1 Å². The summed E-state index contributed by atoms with van der Waals surface area (Å²) < 4.78 is 0. The van der Waals surface area contributed by atoms with Gasteiger partial charge in [-0.15, -0.1) is 11.3 Å². The van der Waals surface area contributed by atoms with E-state index in [0.29, 0.717) is 5.13 Å². The third-order valence-electron chi connectivity index (χ3n) is 2.87. The lowest BCUT2D eigenvalue weighted by Crippen LogP contribution is -2.25. The van der Waals surface area contributed by atoms with Crippen molar-refractivity contribution in [3.05, 3.63) is 47.5 Å². The Morgan fingerprint density at radius 1 is 1.28 bits per heavy atom. The number of thiazole rings is 1. The molecular formula is C13H11N3OS. The third-order valence-corrected chi connectivity index (χ3v) is 3.61. The maximum absolute atomic E-state index is 12.2. The zero-order chi connectivity index (χ0) is 12.5. The van der Waals surface area contributed by atoms with E-state index in [1.54, 1.807) is 6.20 Å². The molecule has 1 aromatic heterocycles. The number of hydrazone groups is 1. The summed E-state index contributed by atoms with van der Waals surface area (Å²) in [6, 6.07) is 9.77. The Morgan fingerprint density at radius 3 is 2.72 bits per heavy atom. The second-order valence-corrected chi connectivity index (χ2v) is 4.91. The van der Waals surface area contributed by atoms with E-state index in [1.165, 1.54) is 16.3 Å². The summed E-state index contributed by atoms with van der Waals surface area (Å²) >= 11 is 1.41. The molecule has 1 atom stereocenters. The summed E-state index contributed by atoms with van der Waals surface area (Å²) in [5.74, 6) is -0.250. The number of carbonyl (C=O) groups excluding carboxylic acids is 1. The van der Waals surface area contributed by atoms with Gasteiger partial charge in [-0.3, -0.25) is 4.79 Å². The van der Waals surface area contributed by atoms with Gasteiger partial charge in [0.05, 0.1) is 11.6 Å². The summed E-state index contributed by atoms with van der Waals surface area (Å²) in [7, 11) is 0. The topological polar surface area (TPSA) is 45.6 Å². The zero-order valence-electron chi connectivity index (χ0n) is 9.78. The summed E-state index contributed by atoms with van der Waals surface area (Å²) in [4.78, 5) is 16.3. The molecule has 0 saturated heterocycles. The molecule has 1 aliphatic rings. The number of hydrogen-bond acceptors (Lipinski definition) is 4. The fraction of sp³-hybridized carbons (Fsp3) is 0.154. The highest BCUT2D eigenvalue weighted by Gasteiger charge is 2.34. The van der Waals surface area contributed by atoms with Crippen LogP contribution in [0.5, 0.6) is 0 Å². The molecule has 3 rings (SSSR count). The van der Waals surface area contributed by atoms with Gasteiger partial charge >= 0.3 is 0 Å². The summed E-state index contributed by atoms with van der Waals surface area (Å²) in [5, 5.41) is 8.27. The van der Waals surface area contributed by atoms with Crippen molar-refractivity contribution in [1.29, 1.82) is 0 Å². The number of benzene rings is 1. The number of carbonyl (C=O) groups is 1. The van der Waals surface area contributed by atoms with E-state index in [4.69, 9.17) is 0 Å². The van der Waals surface area contributed by atoms with Gasteiger partial charge in [-0.1, -0.05) is 30.3 Å². The minimum Gasteiger partial charge on any atom is -0.272 e. The lowest BCUT2D eigenvalue weighted by atomic mass is 9.99. The Hall–Kier alpha value is -2.01. The van der Waals surface area contributed by atoms with E-state index in [-0.39, 0.29) is 11.8 Å². The monoisotopic (exact) mass is 257 g/mol. The molecule has 2 heterocycles. The first kappa shape index (κ1) is 11.1. The van der Waals surface area contributed by atoms with Crippen molar-refractivity contribution in [2.45, 2.75) is 6.92 Å². The highest BCUT2D eigenvalue weighted by Crippen LogP contribution is 2.27. The summed E-state index contributed by atoms with van der Waals surface area (Å²) in [6.07, 6.45) is 1.67. The zero-order valence-corrected chi connectivity index (χ0v) is 10.6. The van der Waals surface area contributed by atoms with Crippen molar-refractivity contribution in [2.75, 3.05) is 5.01 Å². The number of nitrogens with zero attached hydrogens (tertiary/aromatic N) is 3. The van der Waals surface area contributed by atoms with Crippen molar-refractivity contribution in [1.82, 2.24) is 4.98 Å². The molecule has 0 bridgehead atoms. The first-order valence-corrected chi connectivity index (χ1v) is 6.52. The third kappa shape index (κ3) is 1.73. The van der Waals surface area contributed by atoms with Crippen molar-refractivity contribution in [2.24, 2.45) is 11.0 Å². The first-order chi connectivity index (χ1) is 8.77. The van der Waals surface area contributed by atoms with Gasteiger partial charge in [0.25, 0.3) is 5.91 Å². The molecule has 90 valence electrons. The van der Waals surface area contributed by atoms with Crippen LogP contribution in [0.3, 0.4) is 0 Å². The fourth-order valence-corrected chi connectivity index (χ4v) is 2.51. The standard InChI is InChI=1S/C13H11N3OS/c1-9-11(10-5-3-2-4-6-10)15-16(12(9)17)13-14-7-8-18-13/h2-9H,1H3. The molecular weight excluding hydrogens is 246 g/mol. The summed E-state index contributed by atoms with van der Waals surface area (Å²) in [6.45, 7) is 1.88. The lowest BCUT2D eigenvalue weighted by Gasteiger charge is -2.07. The van der Waals surface area contributed by atoms with Gasteiger partial charge in [-0.2, -0.15) is 10.1 Å². The van der Waals surface area contributed by atoms with E-state index in [9.17, 15) is 4.79 Å². The quantitative estimate of drug-likeness (QED) is 0.830. The van der Waals surface area contributed by atoms with E-state index in [0.717, 1.165) is 11.3 Å². The molecule has 1 aromatic carbocycles. The molecule has 18 heavy (non-hydrogen) atoms. The average molecular weight is 257 g/mol. The van der Waals surface area contributed by atoms with Crippen LogP contribution in [0.2, 0.25) is 0 Å². The van der Waals surface area contributed by atoms with E-state index in [1.807, 2.05) is 42.6 Å². The maximum atomic E-state index is 12.2. The minimum absolute atomic E-state index is 0.0243. The van der Waals surface area contributed by atoms with Crippen LogP contribution in [0.1, 0.15) is 12.5 Å². The smallest absolute Gasteiger partial charge is 0.258 e. The second-order valence-electron chi connectivity index (χ2n) is 4.04. The van der Waals surface area contributed by atoms with Crippen LogP contribution in [-0.2, 0) is 4.79 Å². The van der Waals surface area contributed by atoms with Crippen molar-refractivity contribution in [3.63, 3.8) is 0 Å². The number of rotatable bonds is 2. The van der Waals surface area contributed by atoms with Crippen molar-refractivity contribution < 1.29 is 4.79 Å². The van der Waals surface area contributed by atoms with Crippen LogP contribution >= 0.6 is 11.3 Å². The van der Waals surface area contributed by atoms with Crippen molar-refractivity contribution in [3.8, 4) is 0 Å². The molecule has 1 amide bonds. The fourth-order valence-electron chi connectivity index (χ4n) is 1.92. The molecule has 5 heteroatoms. The Bertz CT molecular complexity index is 592. The van der Waals surface area contributed by atoms with Gasteiger partial charge in [0.1, 0.15) is 0 Å². The molecule has 0 spiro atoms. The summed E-state index contributed by atoms with van der Waals surface area (Å²) in [5.41, 5.74) is 1.79. The molecule has 2 aromatic rings. The predicted molar refractivity (Wildman–Crippen MR) is 71.7 cm³/mol. The van der Waals surface area contributed by atoms with Crippen LogP contribution in [-0.4, -0.2) is 16.6 Å². The Labute approximate surface area is 109 Å². The number of amides is 1. The predicted octanol–water partition coefficient (Wildman–Crippen LogP) is 2.53. The van der Waals surface area contributed by atoms with Gasteiger partial charge in [0, 0.05) is 11.6 Å². The second kappa shape index (κ2) is 4.34. The highest BCUT2D eigenvalue weighted by atomic mass is 32.1. The van der Waals surface area contributed by atoms with E-state index < -0.39 is 0 Å². The van der Waals surface area contributed by atoms with E-state index >= 15 is 0 Å². The van der Waals surface area contributed by atoms with Gasteiger partial charge in [-0.05, 0) is 12.5 Å². The van der Waals surface area contributed by atoms with Crippen LogP contribution in [0.15, 0.2) is 47.0 Å². The van der Waals surface area contributed by atoms with Gasteiger partial charge in [0.15, 0.2) is 0 Å². The molecule has 1 aliphatic heterocycles. The minimum atomic E-state index is -0.226. The first-order valence-electron chi connectivity index (χ1n) is 5.65. The molecule has 0 fully saturated rings. The highest BCUT2D eigenvalue weighted by molar-refractivity contribution is 7.13. The maximum Gasteiger partial charge on any atom is 0.258 e. The van der Waals surface area contributed by atoms with Crippen LogP contribution in [0.4, 0.5) is 5.13 Å². The van der Waals surface area contributed by atoms with Gasteiger partial charge in [0.2, 0.25) is 5.13 Å². The van der Waals surface area contributed by atoms with E-state index in [2.05, 4.69) is 10.1 Å². The normalized spacial score (nSPS) is 19.2. The Balaban J connectivity index is 2.01. The van der Waals surface area contributed by atoms with Gasteiger partial charge < -0.3 is 0 Å². The average Bonchev–Trinajstić information content (AvgIpc) is 3.01.